The smallest absolute Gasteiger partial charge is 0.268 e. The molecule has 0 saturated heterocycles. The van der Waals surface area contributed by atoms with Gasteiger partial charge in [0.25, 0.3) is 5.91 Å². The third-order valence-electron chi connectivity index (χ3n) is 5.09. The molecular weight excluding hydrogens is 360 g/mol. The highest BCUT2D eigenvalue weighted by atomic mass is 16.1. The first kappa shape index (κ1) is 18.7. The molecule has 1 atom stereocenters. The fourth-order valence-corrected chi connectivity index (χ4v) is 3.40. The third-order valence-corrected chi connectivity index (χ3v) is 5.09. The SMILES string of the molecule is Cc1ccc([C@H](NC(=O)c2cc3ccc(N(C)C)cc3[nH]2)c2ccncc2)cc1. The van der Waals surface area contributed by atoms with Crippen molar-refractivity contribution in [3.05, 3.63) is 95.4 Å². The van der Waals surface area contributed by atoms with E-state index in [0.29, 0.717) is 5.69 Å². The third kappa shape index (κ3) is 3.99. The van der Waals surface area contributed by atoms with Gasteiger partial charge in [0, 0.05) is 43.1 Å². The van der Waals surface area contributed by atoms with Gasteiger partial charge in [0.05, 0.1) is 6.04 Å². The second kappa shape index (κ2) is 7.80. The molecule has 2 aromatic carbocycles. The lowest BCUT2D eigenvalue weighted by molar-refractivity contribution is 0.0939. The fourth-order valence-electron chi connectivity index (χ4n) is 3.40. The summed E-state index contributed by atoms with van der Waals surface area (Å²) in [6, 6.07) is 19.8. The molecule has 0 radical (unpaired) electrons. The number of H-pyrrole nitrogens is 1. The van der Waals surface area contributed by atoms with E-state index in [4.69, 9.17) is 0 Å². The average Bonchev–Trinajstić information content (AvgIpc) is 3.17. The monoisotopic (exact) mass is 384 g/mol. The molecule has 5 heteroatoms. The number of aryl methyl sites for hydroxylation is 1. The zero-order valence-corrected chi connectivity index (χ0v) is 16.8. The van der Waals surface area contributed by atoms with Crippen molar-refractivity contribution in [3.8, 4) is 0 Å². The zero-order valence-electron chi connectivity index (χ0n) is 16.8. The van der Waals surface area contributed by atoms with Gasteiger partial charge in [0.15, 0.2) is 0 Å². The molecule has 0 aliphatic heterocycles. The lowest BCUT2D eigenvalue weighted by Crippen LogP contribution is -2.29. The molecule has 0 spiro atoms. The molecule has 2 N–H and O–H groups in total. The summed E-state index contributed by atoms with van der Waals surface area (Å²) >= 11 is 0. The standard InChI is InChI=1S/C24H24N4O/c1-16-4-6-17(7-5-16)23(18-10-12-25-13-11-18)27-24(29)22-14-19-8-9-20(28(2)3)15-21(19)26-22/h4-15,23,26H,1-3H3,(H,27,29)/t23-/m0/s1. The molecule has 146 valence electrons. The summed E-state index contributed by atoms with van der Waals surface area (Å²) in [6.07, 6.45) is 3.49. The van der Waals surface area contributed by atoms with E-state index in [1.165, 1.54) is 5.56 Å². The molecule has 29 heavy (non-hydrogen) atoms. The number of amides is 1. The first-order valence-electron chi connectivity index (χ1n) is 9.59. The van der Waals surface area contributed by atoms with Crippen LogP contribution in [0, 0.1) is 6.92 Å². The van der Waals surface area contributed by atoms with Gasteiger partial charge in [-0.3, -0.25) is 9.78 Å². The predicted octanol–water partition coefficient (Wildman–Crippen LogP) is 4.46. The molecule has 0 bridgehead atoms. The molecule has 0 aliphatic rings. The Labute approximate surface area is 170 Å². The Hall–Kier alpha value is -3.60. The van der Waals surface area contributed by atoms with Crippen LogP contribution >= 0.6 is 0 Å². The van der Waals surface area contributed by atoms with E-state index in [9.17, 15) is 4.79 Å². The lowest BCUT2D eigenvalue weighted by atomic mass is 9.98. The summed E-state index contributed by atoms with van der Waals surface area (Å²) in [5.74, 6) is -0.144. The normalized spacial score (nSPS) is 12.0. The van der Waals surface area contributed by atoms with E-state index in [1.807, 2.05) is 55.4 Å². The molecule has 1 amide bonds. The maximum atomic E-state index is 13.1. The van der Waals surface area contributed by atoms with Crippen molar-refractivity contribution in [2.75, 3.05) is 19.0 Å². The summed E-state index contributed by atoms with van der Waals surface area (Å²) < 4.78 is 0. The van der Waals surface area contributed by atoms with Crippen molar-refractivity contribution in [1.82, 2.24) is 15.3 Å². The number of fused-ring (bicyclic) bond motifs is 1. The minimum absolute atomic E-state index is 0.144. The van der Waals surface area contributed by atoms with Crippen LogP contribution in [0.25, 0.3) is 10.9 Å². The van der Waals surface area contributed by atoms with Crippen LogP contribution in [0.5, 0.6) is 0 Å². The summed E-state index contributed by atoms with van der Waals surface area (Å²) in [5.41, 5.74) is 5.77. The average molecular weight is 384 g/mol. The van der Waals surface area contributed by atoms with Crippen LogP contribution in [0.3, 0.4) is 0 Å². The van der Waals surface area contributed by atoms with Crippen LogP contribution in [-0.4, -0.2) is 30.0 Å². The van der Waals surface area contributed by atoms with Crippen molar-refractivity contribution in [2.24, 2.45) is 0 Å². The number of nitrogens with one attached hydrogen (secondary N) is 2. The van der Waals surface area contributed by atoms with Crippen molar-refractivity contribution >= 4 is 22.5 Å². The van der Waals surface area contributed by atoms with E-state index in [2.05, 4.69) is 46.5 Å². The van der Waals surface area contributed by atoms with Gasteiger partial charge in [-0.15, -0.1) is 0 Å². The lowest BCUT2D eigenvalue weighted by Gasteiger charge is -2.19. The minimum atomic E-state index is -0.255. The summed E-state index contributed by atoms with van der Waals surface area (Å²) in [7, 11) is 4.00. The summed E-state index contributed by atoms with van der Waals surface area (Å²) in [4.78, 5) is 22.5. The van der Waals surface area contributed by atoms with Gasteiger partial charge in [-0.1, -0.05) is 35.9 Å². The molecule has 4 rings (SSSR count). The number of nitrogens with zero attached hydrogens (tertiary/aromatic N) is 2. The number of rotatable bonds is 5. The predicted molar refractivity (Wildman–Crippen MR) is 117 cm³/mol. The Kier molecular flexibility index (Phi) is 5.04. The van der Waals surface area contributed by atoms with Gasteiger partial charge in [0.1, 0.15) is 5.69 Å². The molecule has 0 fully saturated rings. The Balaban J connectivity index is 1.66. The van der Waals surface area contributed by atoms with Gasteiger partial charge in [-0.05, 0) is 48.4 Å². The van der Waals surface area contributed by atoms with E-state index in [-0.39, 0.29) is 11.9 Å². The Morgan fingerprint density at radius 1 is 0.966 bits per heavy atom. The number of benzene rings is 2. The highest BCUT2D eigenvalue weighted by Crippen LogP contribution is 2.25. The van der Waals surface area contributed by atoms with Crippen LogP contribution in [0.15, 0.2) is 73.1 Å². The van der Waals surface area contributed by atoms with E-state index >= 15 is 0 Å². The number of hydrogen-bond donors (Lipinski definition) is 2. The number of anilines is 1. The second-order valence-corrected chi connectivity index (χ2v) is 7.45. The van der Waals surface area contributed by atoms with Gasteiger partial charge in [-0.25, -0.2) is 0 Å². The number of carbonyl (C=O) groups is 1. The topological polar surface area (TPSA) is 61.0 Å². The Morgan fingerprint density at radius 2 is 1.66 bits per heavy atom. The van der Waals surface area contributed by atoms with Crippen LogP contribution in [0.4, 0.5) is 5.69 Å². The van der Waals surface area contributed by atoms with Gasteiger partial charge in [0.2, 0.25) is 0 Å². The van der Waals surface area contributed by atoms with Crippen molar-refractivity contribution in [1.29, 1.82) is 0 Å². The van der Waals surface area contributed by atoms with Crippen molar-refractivity contribution in [3.63, 3.8) is 0 Å². The maximum absolute atomic E-state index is 13.1. The van der Waals surface area contributed by atoms with E-state index in [1.54, 1.807) is 12.4 Å². The minimum Gasteiger partial charge on any atom is -0.378 e. The number of pyridine rings is 1. The van der Waals surface area contributed by atoms with Crippen LogP contribution in [-0.2, 0) is 0 Å². The van der Waals surface area contributed by atoms with Crippen LogP contribution < -0.4 is 10.2 Å². The maximum Gasteiger partial charge on any atom is 0.268 e. The van der Waals surface area contributed by atoms with E-state index < -0.39 is 0 Å². The summed E-state index contributed by atoms with van der Waals surface area (Å²) in [6.45, 7) is 2.05. The Morgan fingerprint density at radius 3 is 2.34 bits per heavy atom. The zero-order chi connectivity index (χ0) is 20.4. The van der Waals surface area contributed by atoms with Gasteiger partial charge >= 0.3 is 0 Å². The molecule has 0 unspecified atom stereocenters. The van der Waals surface area contributed by atoms with Crippen molar-refractivity contribution < 1.29 is 4.79 Å². The van der Waals surface area contributed by atoms with Crippen LogP contribution in [0.1, 0.15) is 33.2 Å². The Bertz CT molecular complexity index is 1130. The molecular formula is C24H24N4O. The molecule has 0 aliphatic carbocycles. The van der Waals surface area contributed by atoms with Gasteiger partial charge in [-0.2, -0.15) is 0 Å². The fraction of sp³-hybridized carbons (Fsp3) is 0.167. The molecule has 5 nitrogen and oxygen atoms in total. The quantitative estimate of drug-likeness (QED) is 0.534. The summed E-state index contributed by atoms with van der Waals surface area (Å²) in [5, 5.41) is 4.19. The molecule has 0 saturated carbocycles. The highest BCUT2D eigenvalue weighted by molar-refractivity contribution is 5.99. The number of carbonyl (C=O) groups excluding carboxylic acids is 1. The van der Waals surface area contributed by atoms with Crippen LogP contribution in [0.2, 0.25) is 0 Å². The van der Waals surface area contributed by atoms with E-state index in [0.717, 1.165) is 27.7 Å². The molecule has 2 heterocycles. The number of aromatic amines is 1. The first-order chi connectivity index (χ1) is 14.0. The van der Waals surface area contributed by atoms with Gasteiger partial charge < -0.3 is 15.2 Å². The van der Waals surface area contributed by atoms with Crippen molar-refractivity contribution in [2.45, 2.75) is 13.0 Å². The molecule has 2 aromatic heterocycles. The highest BCUT2D eigenvalue weighted by Gasteiger charge is 2.19. The number of aromatic nitrogens is 2. The second-order valence-electron chi connectivity index (χ2n) is 7.45. The number of hydrogen-bond acceptors (Lipinski definition) is 3. The first-order valence-corrected chi connectivity index (χ1v) is 9.59. The largest absolute Gasteiger partial charge is 0.378 e. The molecule has 4 aromatic rings.